The van der Waals surface area contributed by atoms with Crippen molar-refractivity contribution in [1.82, 2.24) is 10.2 Å². The van der Waals surface area contributed by atoms with E-state index in [-0.39, 0.29) is 41.1 Å². The predicted molar refractivity (Wildman–Crippen MR) is 191 cm³/mol. The van der Waals surface area contributed by atoms with Gasteiger partial charge in [-0.05, 0) is 75.8 Å². The minimum Gasteiger partial charge on any atom is -0.493 e. The first kappa shape index (κ1) is 39.3. The summed E-state index contributed by atoms with van der Waals surface area (Å²) in [6.45, 7) is 14.3. The highest BCUT2D eigenvalue weighted by Gasteiger charge is 2.32. The van der Waals surface area contributed by atoms with E-state index in [2.05, 4.69) is 10.2 Å². The number of carbonyl (C=O) groups is 4. The van der Waals surface area contributed by atoms with Gasteiger partial charge in [-0.25, -0.2) is 4.79 Å². The summed E-state index contributed by atoms with van der Waals surface area (Å²) in [5, 5.41) is 11.5. The summed E-state index contributed by atoms with van der Waals surface area (Å²) < 4.78 is 22.0. The lowest BCUT2D eigenvalue weighted by atomic mass is 9.84. The SMILES string of the molecule is Br.CCOc1cc2c(cc1C(=O)NC)C(=N)N(CC(=O)c1cc(N3CCCC3)c(OCC(=O)OCOC(=O)C(C)(C)C)c(C(C)(C)C)c1)C2. The van der Waals surface area contributed by atoms with Crippen molar-refractivity contribution in [3.63, 3.8) is 0 Å². The van der Waals surface area contributed by atoms with Gasteiger partial charge in [0.2, 0.25) is 6.79 Å². The number of benzene rings is 2. The molecule has 0 saturated carbocycles. The Labute approximate surface area is 299 Å². The fraction of sp³-hybridized carbons (Fsp3) is 0.528. The molecule has 0 aliphatic carbocycles. The highest BCUT2D eigenvalue weighted by molar-refractivity contribution is 8.93. The summed E-state index contributed by atoms with van der Waals surface area (Å²) in [6, 6.07) is 7.04. The third-order valence-electron chi connectivity index (χ3n) is 8.25. The number of hydrogen-bond donors (Lipinski definition) is 2. The molecule has 2 aromatic rings. The molecule has 2 N–H and O–H groups in total. The van der Waals surface area contributed by atoms with Crippen LogP contribution in [0.2, 0.25) is 0 Å². The van der Waals surface area contributed by atoms with E-state index in [1.807, 2.05) is 27.7 Å². The van der Waals surface area contributed by atoms with E-state index in [0.29, 0.717) is 47.0 Å². The molecule has 4 rings (SSSR count). The molecule has 1 fully saturated rings. The number of ketones is 1. The molecule has 0 spiro atoms. The van der Waals surface area contributed by atoms with Gasteiger partial charge < -0.3 is 34.1 Å². The minimum absolute atomic E-state index is 0. The Bertz CT molecular complexity index is 1590. The van der Waals surface area contributed by atoms with E-state index >= 15 is 0 Å². The Morgan fingerprint density at radius 2 is 1.61 bits per heavy atom. The zero-order valence-corrected chi connectivity index (χ0v) is 31.5. The third kappa shape index (κ3) is 9.31. The highest BCUT2D eigenvalue weighted by atomic mass is 79.9. The molecule has 2 aliphatic rings. The number of rotatable bonds is 12. The second-order valence-corrected chi connectivity index (χ2v) is 14.1. The fourth-order valence-corrected chi connectivity index (χ4v) is 5.63. The first-order valence-corrected chi connectivity index (χ1v) is 16.3. The van der Waals surface area contributed by atoms with Crippen molar-refractivity contribution in [3.05, 3.63) is 52.1 Å². The van der Waals surface area contributed by atoms with Crippen LogP contribution in [-0.2, 0) is 31.0 Å². The zero-order chi connectivity index (χ0) is 35.4. The first-order chi connectivity index (χ1) is 22.5. The molecule has 0 radical (unpaired) electrons. The van der Waals surface area contributed by atoms with Crippen LogP contribution in [0.15, 0.2) is 24.3 Å². The van der Waals surface area contributed by atoms with Gasteiger partial charge in [-0.15, -0.1) is 17.0 Å². The van der Waals surface area contributed by atoms with Gasteiger partial charge in [0.1, 0.15) is 17.3 Å². The van der Waals surface area contributed by atoms with Gasteiger partial charge in [-0.3, -0.25) is 19.8 Å². The average Bonchev–Trinajstić information content (AvgIpc) is 3.66. The molecule has 49 heavy (non-hydrogen) atoms. The molecule has 2 heterocycles. The first-order valence-electron chi connectivity index (χ1n) is 16.3. The number of halogens is 1. The molecule has 0 bridgehead atoms. The van der Waals surface area contributed by atoms with Crippen molar-refractivity contribution in [3.8, 4) is 11.5 Å². The summed E-state index contributed by atoms with van der Waals surface area (Å²) >= 11 is 0. The largest absolute Gasteiger partial charge is 0.493 e. The lowest BCUT2D eigenvalue weighted by Crippen LogP contribution is -2.31. The van der Waals surface area contributed by atoms with Crippen LogP contribution >= 0.6 is 17.0 Å². The van der Waals surface area contributed by atoms with Crippen molar-refractivity contribution in [1.29, 1.82) is 5.41 Å². The van der Waals surface area contributed by atoms with Crippen LogP contribution in [0.25, 0.3) is 0 Å². The topological polar surface area (TPSA) is 148 Å². The number of Topliss-reactive ketones (excluding diaryl/α,β-unsaturated/α-hetero) is 1. The lowest BCUT2D eigenvalue weighted by Gasteiger charge is -2.29. The van der Waals surface area contributed by atoms with Gasteiger partial charge in [0.25, 0.3) is 5.91 Å². The summed E-state index contributed by atoms with van der Waals surface area (Å²) in [5.41, 5.74) is 2.47. The summed E-state index contributed by atoms with van der Waals surface area (Å²) in [7, 11) is 1.54. The Hall–Kier alpha value is -4.13. The number of amides is 1. The molecule has 0 aromatic heterocycles. The molecule has 12 nitrogen and oxygen atoms in total. The molecular formula is C36H49BrN4O8. The van der Waals surface area contributed by atoms with Crippen LogP contribution in [-0.4, -0.2) is 81.1 Å². The van der Waals surface area contributed by atoms with Crippen molar-refractivity contribution >= 4 is 52.1 Å². The maximum atomic E-state index is 14.0. The number of esters is 2. The van der Waals surface area contributed by atoms with Gasteiger partial charge >= 0.3 is 11.9 Å². The third-order valence-corrected chi connectivity index (χ3v) is 8.25. The maximum absolute atomic E-state index is 14.0. The van der Waals surface area contributed by atoms with Crippen LogP contribution in [0, 0.1) is 10.8 Å². The van der Waals surface area contributed by atoms with Gasteiger partial charge in [0.05, 0.1) is 29.8 Å². The Morgan fingerprint density at radius 3 is 2.20 bits per heavy atom. The smallest absolute Gasteiger partial charge is 0.347 e. The molecule has 268 valence electrons. The number of nitrogens with one attached hydrogen (secondary N) is 2. The van der Waals surface area contributed by atoms with Gasteiger partial charge in [0.15, 0.2) is 12.4 Å². The molecule has 2 aromatic carbocycles. The Balaban J connectivity index is 0.00000650. The van der Waals surface area contributed by atoms with Crippen LogP contribution in [0.4, 0.5) is 5.69 Å². The van der Waals surface area contributed by atoms with Crippen molar-refractivity contribution in [2.45, 2.75) is 73.3 Å². The van der Waals surface area contributed by atoms with Crippen LogP contribution in [0.1, 0.15) is 98.7 Å². The zero-order valence-electron chi connectivity index (χ0n) is 29.7. The van der Waals surface area contributed by atoms with Crippen molar-refractivity contribution < 1.29 is 38.1 Å². The van der Waals surface area contributed by atoms with Gasteiger partial charge in [0, 0.05) is 43.4 Å². The molecule has 1 saturated heterocycles. The van der Waals surface area contributed by atoms with E-state index in [1.165, 1.54) is 0 Å². The molecule has 13 heteroatoms. The molecule has 0 unspecified atom stereocenters. The molecule has 0 atom stereocenters. The maximum Gasteiger partial charge on any atom is 0.347 e. The number of hydrogen-bond acceptors (Lipinski definition) is 10. The summed E-state index contributed by atoms with van der Waals surface area (Å²) in [6.07, 6.45) is 1.96. The average molecular weight is 746 g/mol. The number of carbonyl (C=O) groups excluding carboxylic acids is 4. The Morgan fingerprint density at radius 1 is 0.939 bits per heavy atom. The monoisotopic (exact) mass is 744 g/mol. The minimum atomic E-state index is -0.725. The van der Waals surface area contributed by atoms with Crippen LogP contribution in [0.5, 0.6) is 11.5 Å². The van der Waals surface area contributed by atoms with Gasteiger partial charge in [-0.1, -0.05) is 20.8 Å². The van der Waals surface area contributed by atoms with E-state index in [1.54, 1.807) is 57.0 Å². The number of ether oxygens (including phenoxy) is 4. The summed E-state index contributed by atoms with van der Waals surface area (Å²) in [4.78, 5) is 55.0. The number of fused-ring (bicyclic) bond motifs is 1. The van der Waals surface area contributed by atoms with E-state index in [4.69, 9.17) is 24.4 Å². The number of amidine groups is 1. The lowest BCUT2D eigenvalue weighted by molar-refractivity contribution is -0.174. The standard InChI is InChI=1S/C36H48N4O8.BrH/c1-9-45-29-16-23-18-40(32(37)24(23)17-25(29)33(43)38-8)19-28(41)22-14-26(35(2,3)4)31(27(15-22)39-12-10-11-13-39)46-20-30(42)47-21-48-34(44)36(5,6)7;/h14-17,37H,9-13,18-21H2,1-8H3,(H,38,43);1H. The van der Waals surface area contributed by atoms with E-state index < -0.39 is 36.2 Å². The quantitative estimate of drug-likeness (QED) is 0.164. The van der Waals surface area contributed by atoms with Crippen molar-refractivity contribution in [2.75, 3.05) is 51.6 Å². The molecule has 2 aliphatic heterocycles. The molecule has 1 amide bonds. The second-order valence-electron chi connectivity index (χ2n) is 14.1. The Kier molecular flexibility index (Phi) is 12.9. The van der Waals surface area contributed by atoms with Crippen molar-refractivity contribution in [2.24, 2.45) is 5.41 Å². The summed E-state index contributed by atoms with van der Waals surface area (Å²) in [5.74, 6) is -0.575. The predicted octanol–water partition coefficient (Wildman–Crippen LogP) is 5.41. The van der Waals surface area contributed by atoms with Gasteiger partial charge in [-0.2, -0.15) is 0 Å². The number of anilines is 1. The van der Waals surface area contributed by atoms with Crippen LogP contribution in [0.3, 0.4) is 0 Å². The van der Waals surface area contributed by atoms with Crippen LogP contribution < -0.4 is 19.7 Å². The fourth-order valence-electron chi connectivity index (χ4n) is 5.63. The normalized spacial score (nSPS) is 14.2. The molecular weight excluding hydrogens is 696 g/mol. The number of nitrogens with zero attached hydrogens (tertiary/aromatic N) is 2. The van der Waals surface area contributed by atoms with E-state index in [0.717, 1.165) is 37.1 Å². The van der Waals surface area contributed by atoms with E-state index in [9.17, 15) is 19.2 Å². The second kappa shape index (κ2) is 16.1. The highest BCUT2D eigenvalue weighted by Crippen LogP contribution is 2.42.